The van der Waals surface area contributed by atoms with Crippen molar-refractivity contribution in [3.63, 3.8) is 0 Å². The first kappa shape index (κ1) is 14.6. The van der Waals surface area contributed by atoms with Crippen LogP contribution in [0, 0.1) is 0 Å². The summed E-state index contributed by atoms with van der Waals surface area (Å²) in [5.41, 5.74) is 9.80. The van der Waals surface area contributed by atoms with Gasteiger partial charge >= 0.3 is 0 Å². The summed E-state index contributed by atoms with van der Waals surface area (Å²) in [6.07, 6.45) is 6.69. The van der Waals surface area contributed by atoms with Crippen molar-refractivity contribution in [3.8, 4) is 11.1 Å². The zero-order valence-electron chi connectivity index (χ0n) is 12.5. The van der Waals surface area contributed by atoms with Crippen LogP contribution in [0.3, 0.4) is 0 Å². The molecular weight excluding hydrogens is 244 g/mol. The molecule has 0 radical (unpaired) electrons. The van der Waals surface area contributed by atoms with Gasteiger partial charge in [0.25, 0.3) is 0 Å². The Bertz CT molecular complexity index is 534. The lowest BCUT2D eigenvalue weighted by molar-refractivity contribution is 0.570. The van der Waals surface area contributed by atoms with E-state index in [0.717, 1.165) is 12.0 Å². The molecule has 0 bridgehead atoms. The van der Waals surface area contributed by atoms with Crippen molar-refractivity contribution in [2.24, 2.45) is 0 Å². The summed E-state index contributed by atoms with van der Waals surface area (Å²) in [7, 11) is 0. The summed E-state index contributed by atoms with van der Waals surface area (Å²) in [5, 5.41) is 0. The minimum atomic E-state index is 0.565. The Labute approximate surface area is 122 Å². The number of nitrogens with zero attached hydrogens (tertiary/aromatic N) is 1. The summed E-state index contributed by atoms with van der Waals surface area (Å²) < 4.78 is 0. The standard InChI is InChI=1S/C18H24N2/c1-3-5-9-14(4-2)16-12-13-20-18(19)17(16)15-10-7-6-8-11-15/h6-8,10-14H,3-5,9H2,1-2H3,(H2,19,20). The zero-order valence-corrected chi connectivity index (χ0v) is 12.5. The van der Waals surface area contributed by atoms with Crippen molar-refractivity contribution >= 4 is 5.82 Å². The average molecular weight is 268 g/mol. The lowest BCUT2D eigenvalue weighted by atomic mass is 9.86. The van der Waals surface area contributed by atoms with Gasteiger partial charge in [0.05, 0.1) is 0 Å². The van der Waals surface area contributed by atoms with Gasteiger partial charge in [-0.15, -0.1) is 0 Å². The van der Waals surface area contributed by atoms with Crippen LogP contribution in [0.5, 0.6) is 0 Å². The van der Waals surface area contributed by atoms with Crippen LogP contribution in [0.4, 0.5) is 5.82 Å². The molecule has 106 valence electrons. The molecule has 2 aromatic rings. The molecule has 0 spiro atoms. The number of anilines is 1. The van der Waals surface area contributed by atoms with E-state index in [9.17, 15) is 0 Å². The first-order valence-electron chi connectivity index (χ1n) is 7.57. The van der Waals surface area contributed by atoms with Crippen molar-refractivity contribution in [2.45, 2.75) is 45.4 Å². The molecule has 1 aromatic carbocycles. The molecule has 0 fully saturated rings. The van der Waals surface area contributed by atoms with E-state index in [2.05, 4.69) is 49.2 Å². The molecule has 0 aliphatic rings. The van der Waals surface area contributed by atoms with Gasteiger partial charge in [-0.05, 0) is 36.0 Å². The van der Waals surface area contributed by atoms with Crippen LogP contribution in [-0.2, 0) is 0 Å². The van der Waals surface area contributed by atoms with Crippen molar-refractivity contribution in [1.82, 2.24) is 4.98 Å². The van der Waals surface area contributed by atoms with Gasteiger partial charge in [-0.1, -0.05) is 57.0 Å². The molecule has 2 N–H and O–H groups in total. The Morgan fingerprint density at radius 1 is 1.10 bits per heavy atom. The minimum absolute atomic E-state index is 0.565. The van der Waals surface area contributed by atoms with Crippen LogP contribution in [0.25, 0.3) is 11.1 Å². The molecular formula is C18H24N2. The van der Waals surface area contributed by atoms with Crippen LogP contribution in [0.15, 0.2) is 42.6 Å². The molecule has 20 heavy (non-hydrogen) atoms. The van der Waals surface area contributed by atoms with E-state index in [1.54, 1.807) is 0 Å². The van der Waals surface area contributed by atoms with Crippen molar-refractivity contribution < 1.29 is 0 Å². The number of aromatic nitrogens is 1. The fraction of sp³-hybridized carbons (Fsp3) is 0.389. The smallest absolute Gasteiger partial charge is 0.131 e. The fourth-order valence-electron chi connectivity index (χ4n) is 2.78. The maximum absolute atomic E-state index is 6.16. The lowest BCUT2D eigenvalue weighted by Crippen LogP contribution is -2.04. The van der Waals surface area contributed by atoms with Crippen molar-refractivity contribution in [1.29, 1.82) is 0 Å². The summed E-state index contributed by atoms with van der Waals surface area (Å²) in [6.45, 7) is 4.50. The first-order chi connectivity index (χ1) is 9.77. The SMILES string of the molecule is CCCCC(CC)c1ccnc(N)c1-c1ccccc1. The van der Waals surface area contributed by atoms with Gasteiger partial charge in [0, 0.05) is 11.8 Å². The Kier molecular flexibility index (Phi) is 5.16. The summed E-state index contributed by atoms with van der Waals surface area (Å²) in [5.74, 6) is 1.21. The molecule has 0 amide bonds. The molecule has 2 nitrogen and oxygen atoms in total. The third-order valence-corrected chi connectivity index (χ3v) is 3.91. The quantitative estimate of drug-likeness (QED) is 0.799. The van der Waals surface area contributed by atoms with Crippen LogP contribution in [0.2, 0.25) is 0 Å². The largest absolute Gasteiger partial charge is 0.383 e. The fourth-order valence-corrected chi connectivity index (χ4v) is 2.78. The second-order valence-electron chi connectivity index (χ2n) is 5.27. The van der Waals surface area contributed by atoms with Crippen LogP contribution in [0.1, 0.15) is 51.0 Å². The zero-order chi connectivity index (χ0) is 14.4. The third kappa shape index (κ3) is 3.19. The predicted octanol–water partition coefficient (Wildman–Crippen LogP) is 5.01. The van der Waals surface area contributed by atoms with E-state index in [0.29, 0.717) is 11.7 Å². The Morgan fingerprint density at radius 3 is 2.50 bits per heavy atom. The predicted molar refractivity (Wildman–Crippen MR) is 86.6 cm³/mol. The molecule has 1 atom stereocenters. The number of hydrogen-bond acceptors (Lipinski definition) is 2. The van der Waals surface area contributed by atoms with Crippen LogP contribution in [-0.4, -0.2) is 4.98 Å². The number of hydrogen-bond donors (Lipinski definition) is 1. The average Bonchev–Trinajstić information content (AvgIpc) is 2.49. The van der Waals surface area contributed by atoms with Crippen LogP contribution < -0.4 is 5.73 Å². The van der Waals surface area contributed by atoms with E-state index < -0.39 is 0 Å². The topological polar surface area (TPSA) is 38.9 Å². The van der Waals surface area contributed by atoms with E-state index >= 15 is 0 Å². The van der Waals surface area contributed by atoms with Gasteiger partial charge in [0.15, 0.2) is 0 Å². The molecule has 0 saturated heterocycles. The van der Waals surface area contributed by atoms with E-state index in [4.69, 9.17) is 5.73 Å². The number of unbranched alkanes of at least 4 members (excludes halogenated alkanes) is 1. The number of nitrogen functional groups attached to an aromatic ring is 1. The lowest BCUT2D eigenvalue weighted by Gasteiger charge is -2.20. The van der Waals surface area contributed by atoms with Crippen molar-refractivity contribution in [3.05, 3.63) is 48.2 Å². The van der Waals surface area contributed by atoms with Gasteiger partial charge in [-0.3, -0.25) is 0 Å². The van der Waals surface area contributed by atoms with Gasteiger partial charge in [0.2, 0.25) is 0 Å². The molecule has 1 heterocycles. The maximum atomic E-state index is 6.16. The molecule has 2 heteroatoms. The first-order valence-corrected chi connectivity index (χ1v) is 7.57. The van der Waals surface area contributed by atoms with Gasteiger partial charge < -0.3 is 5.73 Å². The Morgan fingerprint density at radius 2 is 1.85 bits per heavy atom. The van der Waals surface area contributed by atoms with Gasteiger partial charge in [-0.2, -0.15) is 0 Å². The van der Waals surface area contributed by atoms with E-state index in [1.807, 2.05) is 12.3 Å². The third-order valence-electron chi connectivity index (χ3n) is 3.91. The summed E-state index contributed by atoms with van der Waals surface area (Å²) in [6, 6.07) is 12.5. The molecule has 1 unspecified atom stereocenters. The number of benzene rings is 1. The molecule has 0 saturated carbocycles. The van der Waals surface area contributed by atoms with E-state index in [-0.39, 0.29) is 0 Å². The number of rotatable bonds is 6. The Hall–Kier alpha value is -1.83. The monoisotopic (exact) mass is 268 g/mol. The molecule has 2 rings (SSSR count). The normalized spacial score (nSPS) is 12.3. The van der Waals surface area contributed by atoms with Gasteiger partial charge in [-0.25, -0.2) is 4.98 Å². The molecule has 0 aliphatic carbocycles. The highest BCUT2D eigenvalue weighted by molar-refractivity contribution is 5.77. The molecule has 0 aliphatic heterocycles. The summed E-state index contributed by atoms with van der Waals surface area (Å²) >= 11 is 0. The Balaban J connectivity index is 2.45. The highest BCUT2D eigenvalue weighted by atomic mass is 14.8. The minimum Gasteiger partial charge on any atom is -0.383 e. The number of pyridine rings is 1. The second-order valence-corrected chi connectivity index (χ2v) is 5.27. The second kappa shape index (κ2) is 7.09. The van der Waals surface area contributed by atoms with E-state index in [1.165, 1.54) is 30.4 Å². The number of nitrogens with two attached hydrogens (primary N) is 1. The van der Waals surface area contributed by atoms with Gasteiger partial charge in [0.1, 0.15) is 5.82 Å². The highest BCUT2D eigenvalue weighted by Crippen LogP contribution is 2.36. The molecule has 1 aromatic heterocycles. The summed E-state index contributed by atoms with van der Waals surface area (Å²) in [4.78, 5) is 4.29. The maximum Gasteiger partial charge on any atom is 0.131 e. The van der Waals surface area contributed by atoms with Crippen molar-refractivity contribution in [2.75, 3.05) is 5.73 Å². The highest BCUT2D eigenvalue weighted by Gasteiger charge is 2.17. The van der Waals surface area contributed by atoms with Crippen LogP contribution >= 0.6 is 0 Å².